The van der Waals surface area contributed by atoms with Gasteiger partial charge in [-0.1, -0.05) is 18.3 Å². The second-order valence-corrected chi connectivity index (χ2v) is 1.10. The van der Waals surface area contributed by atoms with E-state index < -0.39 is 0 Å². The second-order valence-electron chi connectivity index (χ2n) is 1.10. The molecule has 2 nitrogen and oxygen atoms in total. The molecule has 0 aromatic carbocycles. The van der Waals surface area contributed by atoms with Crippen LogP contribution in [0.2, 0.25) is 0 Å². The van der Waals surface area contributed by atoms with E-state index in [1.165, 1.54) is 6.92 Å². The molecule has 0 fully saturated rings. The Hall–Kier alpha value is 0.184. The van der Waals surface area contributed by atoms with E-state index in [2.05, 4.69) is 34.8 Å². The van der Waals surface area contributed by atoms with Gasteiger partial charge in [-0.05, 0) is 0 Å². The molecular weight excluding hydrogens is 215 g/mol. The van der Waals surface area contributed by atoms with Gasteiger partial charge in [0.2, 0.25) is 0 Å². The van der Waals surface area contributed by atoms with Crippen molar-refractivity contribution in [1.29, 1.82) is 10.8 Å². The Morgan fingerprint density at radius 3 is 1.62 bits per heavy atom. The molecular formula is C4H7BrN2Ni-. The van der Waals surface area contributed by atoms with E-state index in [0.717, 1.165) is 0 Å². The molecule has 4 heteroatoms. The topological polar surface area (TPSA) is 47.7 Å². The summed E-state index contributed by atoms with van der Waals surface area (Å²) in [6.45, 7) is 4.73. The van der Waals surface area contributed by atoms with E-state index >= 15 is 0 Å². The molecule has 0 saturated carbocycles. The first-order valence-electron chi connectivity index (χ1n) is 1.72. The number of nitrogens with one attached hydrogen (secondary N) is 2. The molecule has 0 aromatic rings. The van der Waals surface area contributed by atoms with Crippen molar-refractivity contribution in [3.05, 3.63) is 6.92 Å². The van der Waals surface area contributed by atoms with Gasteiger partial charge >= 0.3 is 27.9 Å². The molecule has 8 heavy (non-hydrogen) atoms. The summed E-state index contributed by atoms with van der Waals surface area (Å²) in [4.78, 5) is 0. The zero-order valence-corrected chi connectivity index (χ0v) is 6.97. The molecule has 0 aliphatic rings. The van der Waals surface area contributed by atoms with Crippen molar-refractivity contribution in [2.24, 2.45) is 0 Å². The summed E-state index contributed by atoms with van der Waals surface area (Å²) in [6.07, 6.45) is 0. The van der Waals surface area contributed by atoms with Crippen LogP contribution in [-0.4, -0.2) is 11.4 Å². The Bertz CT molecular complexity index is 80.0. The fourth-order valence-corrected chi connectivity index (χ4v) is 0. The first kappa shape index (κ1) is 11.0. The van der Waals surface area contributed by atoms with Gasteiger partial charge in [-0.2, -0.15) is 0 Å². The predicted octanol–water partition coefficient (Wildman–Crippen LogP) is 1.72. The normalized spacial score (nSPS) is 6.50. The standard InChI is InChI=1S/C4H7N2.BrH.Ni/c1-3(5)4(2)6;;/h5-6H,1H2,2H3;1H;/q-1;;+1/p-1. The monoisotopic (exact) mass is 220 g/mol. The van der Waals surface area contributed by atoms with Gasteiger partial charge in [0.15, 0.2) is 0 Å². The van der Waals surface area contributed by atoms with Crippen LogP contribution in [0.15, 0.2) is 0 Å². The molecule has 0 aliphatic heterocycles. The van der Waals surface area contributed by atoms with Crippen molar-refractivity contribution >= 4 is 25.6 Å². The van der Waals surface area contributed by atoms with Crippen molar-refractivity contribution in [2.45, 2.75) is 6.92 Å². The van der Waals surface area contributed by atoms with E-state index in [4.69, 9.17) is 10.8 Å². The minimum absolute atomic E-state index is 0.0926. The molecule has 0 atom stereocenters. The molecule has 0 saturated heterocycles. The van der Waals surface area contributed by atoms with Gasteiger partial charge in [0.1, 0.15) is 0 Å². The maximum absolute atomic E-state index is 6.66. The van der Waals surface area contributed by atoms with Gasteiger partial charge in [0, 0.05) is 0 Å². The van der Waals surface area contributed by atoms with Gasteiger partial charge in [-0.15, -0.1) is 0 Å². The van der Waals surface area contributed by atoms with Crippen LogP contribution in [0.1, 0.15) is 6.92 Å². The van der Waals surface area contributed by atoms with Crippen LogP contribution < -0.4 is 0 Å². The first-order chi connectivity index (χ1) is 3.64. The van der Waals surface area contributed by atoms with Crippen molar-refractivity contribution in [3.63, 3.8) is 0 Å². The molecule has 0 amide bonds. The third-order valence-corrected chi connectivity index (χ3v) is 0.453. The van der Waals surface area contributed by atoms with Crippen molar-refractivity contribution in [1.82, 2.24) is 0 Å². The number of halogens is 1. The molecule has 0 bridgehead atoms. The van der Waals surface area contributed by atoms with Gasteiger partial charge in [-0.25, -0.2) is 6.92 Å². The first-order valence-corrected chi connectivity index (χ1v) is 4.16. The van der Waals surface area contributed by atoms with Crippen LogP contribution in [-0.2, 0) is 13.7 Å². The molecule has 51 valence electrons. The minimum atomic E-state index is 0.0926. The average Bonchev–Trinajstić information content (AvgIpc) is 1.72. The third-order valence-electron chi connectivity index (χ3n) is 0.453. The quantitative estimate of drug-likeness (QED) is 0.385. The summed E-state index contributed by atoms with van der Waals surface area (Å²) in [5.74, 6) is 0. The van der Waals surface area contributed by atoms with Gasteiger partial charge in [0.05, 0.1) is 0 Å². The molecule has 0 heterocycles. The SMILES string of the molecule is [CH2-]C(=N)C(C)=N.[Ni][Br]. The summed E-state index contributed by atoms with van der Waals surface area (Å²) < 4.78 is 0. The molecule has 0 aromatic heterocycles. The fraction of sp³-hybridized carbons (Fsp3) is 0.250. The van der Waals surface area contributed by atoms with E-state index in [9.17, 15) is 0 Å². The Labute approximate surface area is 64.2 Å². The predicted molar refractivity (Wildman–Crippen MR) is 35.4 cm³/mol. The van der Waals surface area contributed by atoms with E-state index in [0.29, 0.717) is 0 Å². The van der Waals surface area contributed by atoms with Crippen LogP contribution in [0.25, 0.3) is 0 Å². The van der Waals surface area contributed by atoms with E-state index in [1.54, 1.807) is 0 Å². The van der Waals surface area contributed by atoms with Crippen LogP contribution in [0, 0.1) is 17.7 Å². The Morgan fingerprint density at radius 2 is 1.62 bits per heavy atom. The summed E-state index contributed by atoms with van der Waals surface area (Å²) in [5, 5.41) is 13.3. The van der Waals surface area contributed by atoms with Crippen LogP contribution in [0.3, 0.4) is 0 Å². The zero-order chi connectivity index (χ0) is 7.15. The summed E-state index contributed by atoms with van der Waals surface area (Å²) in [6, 6.07) is 0. The van der Waals surface area contributed by atoms with E-state index in [1.807, 2.05) is 0 Å². The third kappa shape index (κ3) is 9.49. The second kappa shape index (κ2) is 7.18. The Balaban J connectivity index is 0. The summed E-state index contributed by atoms with van der Waals surface area (Å²) in [7, 11) is 0. The Kier molecular flexibility index (Phi) is 9.92. The maximum atomic E-state index is 6.66. The van der Waals surface area contributed by atoms with Gasteiger partial charge < -0.3 is 10.8 Å². The average molecular weight is 222 g/mol. The molecule has 0 spiro atoms. The molecule has 0 radical (unpaired) electrons. The van der Waals surface area contributed by atoms with Crippen LogP contribution >= 0.6 is 14.2 Å². The van der Waals surface area contributed by atoms with Crippen molar-refractivity contribution < 1.29 is 13.7 Å². The molecule has 0 rings (SSSR count). The molecule has 0 unspecified atom stereocenters. The van der Waals surface area contributed by atoms with Crippen molar-refractivity contribution in [2.75, 3.05) is 0 Å². The van der Waals surface area contributed by atoms with Crippen LogP contribution in [0.4, 0.5) is 0 Å². The summed E-state index contributed by atoms with van der Waals surface area (Å²) in [5.41, 5.74) is 0.324. The van der Waals surface area contributed by atoms with E-state index in [-0.39, 0.29) is 11.4 Å². The van der Waals surface area contributed by atoms with Gasteiger partial charge in [-0.3, -0.25) is 0 Å². The van der Waals surface area contributed by atoms with Crippen molar-refractivity contribution in [3.8, 4) is 0 Å². The van der Waals surface area contributed by atoms with Crippen LogP contribution in [0.5, 0.6) is 0 Å². The number of hydrogen-bond donors (Lipinski definition) is 2. The van der Waals surface area contributed by atoms with Gasteiger partial charge in [0.25, 0.3) is 0 Å². The molecule has 0 aliphatic carbocycles. The summed E-state index contributed by atoms with van der Waals surface area (Å²) >= 11 is 6.25. The number of rotatable bonds is 1. The Morgan fingerprint density at radius 1 is 1.50 bits per heavy atom. The number of hydrogen-bond acceptors (Lipinski definition) is 2. The molecule has 2 N–H and O–H groups in total. The zero-order valence-electron chi connectivity index (χ0n) is 4.40. The fourth-order valence-electron chi connectivity index (χ4n) is 0.